The molecule has 2 aromatic carbocycles. The number of sulfonamides is 1. The van der Waals surface area contributed by atoms with Gasteiger partial charge in [0.2, 0.25) is 15.9 Å². The van der Waals surface area contributed by atoms with Crippen molar-refractivity contribution in [1.82, 2.24) is 4.31 Å². The Bertz CT molecular complexity index is 1070. The van der Waals surface area contributed by atoms with Crippen LogP contribution in [0, 0.1) is 17.6 Å². The van der Waals surface area contributed by atoms with Gasteiger partial charge in [0, 0.05) is 30.8 Å². The zero-order valence-electron chi connectivity index (χ0n) is 16.8. The number of halogens is 2. The first-order valence-corrected chi connectivity index (χ1v) is 11.2. The lowest BCUT2D eigenvalue weighted by Crippen LogP contribution is -2.41. The quantitative estimate of drug-likeness (QED) is 0.680. The summed E-state index contributed by atoms with van der Waals surface area (Å²) in [4.78, 5) is 24.2. The van der Waals surface area contributed by atoms with E-state index in [1.807, 2.05) is 0 Å². The number of hydrogen-bond donors (Lipinski definition) is 1. The van der Waals surface area contributed by atoms with E-state index in [2.05, 4.69) is 5.32 Å². The molecule has 1 amide bonds. The topological polar surface area (TPSA) is 92.8 Å². The van der Waals surface area contributed by atoms with E-state index in [0.717, 1.165) is 12.1 Å². The van der Waals surface area contributed by atoms with Crippen molar-refractivity contribution >= 4 is 27.6 Å². The normalized spacial score (nSPS) is 15.5. The first-order chi connectivity index (χ1) is 14.7. The summed E-state index contributed by atoms with van der Waals surface area (Å²) in [6, 6.07) is 8.57. The summed E-state index contributed by atoms with van der Waals surface area (Å²) in [6.07, 6.45) is 0.575. The van der Waals surface area contributed by atoms with Crippen LogP contribution < -0.4 is 5.32 Å². The fraction of sp³-hybridized carbons (Fsp3) is 0.333. The Morgan fingerprint density at radius 1 is 1.06 bits per heavy atom. The third-order valence-corrected chi connectivity index (χ3v) is 6.93. The van der Waals surface area contributed by atoms with Crippen LogP contribution in [0.3, 0.4) is 0 Å². The van der Waals surface area contributed by atoms with Crippen LogP contribution >= 0.6 is 0 Å². The smallest absolute Gasteiger partial charge is 0.338 e. The number of anilines is 1. The van der Waals surface area contributed by atoms with Crippen molar-refractivity contribution in [1.29, 1.82) is 0 Å². The number of rotatable bonds is 6. The van der Waals surface area contributed by atoms with Crippen LogP contribution in [-0.4, -0.2) is 44.3 Å². The van der Waals surface area contributed by atoms with E-state index in [1.54, 1.807) is 6.92 Å². The molecule has 2 aromatic rings. The van der Waals surface area contributed by atoms with Crippen LogP contribution in [-0.2, 0) is 19.6 Å². The molecular weight excluding hydrogens is 430 g/mol. The number of carbonyl (C=O) groups is 2. The molecule has 1 aliphatic heterocycles. The first-order valence-electron chi connectivity index (χ1n) is 9.75. The Balaban J connectivity index is 1.60. The Hall–Kier alpha value is -2.85. The minimum absolute atomic E-state index is 0.0465. The molecule has 1 N–H and O–H groups in total. The maximum absolute atomic E-state index is 13.3. The van der Waals surface area contributed by atoms with Gasteiger partial charge < -0.3 is 10.1 Å². The number of nitrogens with one attached hydrogen (secondary N) is 1. The number of nitrogens with zero attached hydrogens (tertiary/aromatic N) is 1. The fourth-order valence-corrected chi connectivity index (χ4v) is 4.77. The number of ether oxygens (including phenoxy) is 1. The SMILES string of the molecule is CCOC(=O)c1ccc(S(=O)(=O)N2CCC(C(=O)Nc3ccc(F)c(F)c3)CC2)cc1. The number of esters is 1. The summed E-state index contributed by atoms with van der Waals surface area (Å²) in [6.45, 7) is 2.17. The van der Waals surface area contributed by atoms with Crippen molar-refractivity contribution in [3.8, 4) is 0 Å². The maximum atomic E-state index is 13.3. The highest BCUT2D eigenvalue weighted by atomic mass is 32.2. The molecule has 10 heteroatoms. The van der Waals surface area contributed by atoms with E-state index in [9.17, 15) is 26.8 Å². The van der Waals surface area contributed by atoms with Crippen LogP contribution in [0.2, 0.25) is 0 Å². The van der Waals surface area contributed by atoms with E-state index in [1.165, 1.54) is 34.6 Å². The highest BCUT2D eigenvalue weighted by molar-refractivity contribution is 7.89. The van der Waals surface area contributed by atoms with Crippen molar-refractivity contribution in [3.63, 3.8) is 0 Å². The van der Waals surface area contributed by atoms with Crippen LogP contribution in [0.4, 0.5) is 14.5 Å². The van der Waals surface area contributed by atoms with Gasteiger partial charge in [0.05, 0.1) is 17.1 Å². The molecule has 1 heterocycles. The molecule has 7 nitrogen and oxygen atoms in total. The lowest BCUT2D eigenvalue weighted by molar-refractivity contribution is -0.120. The fourth-order valence-electron chi connectivity index (χ4n) is 3.30. The van der Waals surface area contributed by atoms with Crippen LogP contribution in [0.25, 0.3) is 0 Å². The molecule has 0 saturated carbocycles. The third kappa shape index (κ3) is 5.26. The largest absolute Gasteiger partial charge is 0.462 e. The van der Waals surface area contributed by atoms with Gasteiger partial charge in [-0.1, -0.05) is 0 Å². The second kappa shape index (κ2) is 9.52. The zero-order valence-corrected chi connectivity index (χ0v) is 17.6. The predicted molar refractivity (Wildman–Crippen MR) is 109 cm³/mol. The number of piperidine rings is 1. The lowest BCUT2D eigenvalue weighted by atomic mass is 9.97. The number of carbonyl (C=O) groups excluding carboxylic acids is 2. The number of amides is 1. The molecular formula is C21H22F2N2O5S. The van der Waals surface area contributed by atoms with E-state index in [4.69, 9.17) is 4.74 Å². The molecule has 1 fully saturated rings. The molecule has 0 aliphatic carbocycles. The molecule has 1 saturated heterocycles. The van der Waals surface area contributed by atoms with E-state index in [0.29, 0.717) is 0 Å². The zero-order chi connectivity index (χ0) is 22.6. The average molecular weight is 452 g/mol. The second-order valence-corrected chi connectivity index (χ2v) is 8.98. The van der Waals surface area contributed by atoms with Gasteiger partial charge in [-0.25, -0.2) is 22.0 Å². The minimum Gasteiger partial charge on any atom is -0.462 e. The van der Waals surface area contributed by atoms with Crippen LogP contribution in [0.5, 0.6) is 0 Å². The van der Waals surface area contributed by atoms with Gasteiger partial charge in [-0.3, -0.25) is 4.79 Å². The summed E-state index contributed by atoms with van der Waals surface area (Å²) in [5, 5.41) is 2.53. The minimum atomic E-state index is -3.78. The van der Waals surface area contributed by atoms with Crippen molar-refractivity contribution in [3.05, 3.63) is 59.7 Å². The van der Waals surface area contributed by atoms with Gasteiger partial charge in [-0.15, -0.1) is 0 Å². The van der Waals surface area contributed by atoms with Crippen LogP contribution in [0.1, 0.15) is 30.1 Å². The maximum Gasteiger partial charge on any atom is 0.338 e. The molecule has 1 aliphatic rings. The number of benzene rings is 2. The van der Waals surface area contributed by atoms with Crippen LogP contribution in [0.15, 0.2) is 47.4 Å². The Morgan fingerprint density at radius 2 is 1.71 bits per heavy atom. The summed E-state index contributed by atoms with van der Waals surface area (Å²) < 4.78 is 58.2. The molecule has 31 heavy (non-hydrogen) atoms. The highest BCUT2D eigenvalue weighted by Crippen LogP contribution is 2.25. The van der Waals surface area contributed by atoms with Crippen molar-refractivity contribution in [2.75, 3.05) is 25.0 Å². The van der Waals surface area contributed by atoms with Gasteiger partial charge in [0.15, 0.2) is 11.6 Å². The van der Waals surface area contributed by atoms with Crippen molar-refractivity contribution in [2.24, 2.45) is 5.92 Å². The Kier molecular flexibility index (Phi) is 7.01. The number of hydrogen-bond acceptors (Lipinski definition) is 5. The van der Waals surface area contributed by atoms with Gasteiger partial charge in [-0.2, -0.15) is 4.31 Å². The molecule has 0 radical (unpaired) electrons. The summed E-state index contributed by atoms with van der Waals surface area (Å²) in [5.74, 6) is -3.42. The van der Waals surface area contributed by atoms with Crippen molar-refractivity contribution in [2.45, 2.75) is 24.7 Å². The molecule has 3 rings (SSSR count). The van der Waals surface area contributed by atoms with E-state index >= 15 is 0 Å². The van der Waals surface area contributed by atoms with Gasteiger partial charge >= 0.3 is 5.97 Å². The Labute approximate surface area is 179 Å². The third-order valence-electron chi connectivity index (χ3n) is 5.02. The van der Waals surface area contributed by atoms with E-state index in [-0.39, 0.29) is 54.6 Å². The predicted octanol–water partition coefficient (Wildman–Crippen LogP) is 3.18. The summed E-state index contributed by atoms with van der Waals surface area (Å²) in [5.41, 5.74) is 0.397. The Morgan fingerprint density at radius 3 is 2.29 bits per heavy atom. The summed E-state index contributed by atoms with van der Waals surface area (Å²) >= 11 is 0. The standard InChI is InChI=1S/C21H22F2N2O5S/c1-2-30-21(27)15-3-6-17(7-4-15)31(28,29)25-11-9-14(10-12-25)20(26)24-16-5-8-18(22)19(23)13-16/h3-8,13-14H,2,9-12H2,1H3,(H,24,26). The molecule has 166 valence electrons. The average Bonchev–Trinajstić information content (AvgIpc) is 2.76. The van der Waals surface area contributed by atoms with Gasteiger partial charge in [0.25, 0.3) is 0 Å². The van der Waals surface area contributed by atoms with Crippen molar-refractivity contribution < 1.29 is 31.5 Å². The van der Waals surface area contributed by atoms with Gasteiger partial charge in [-0.05, 0) is 56.2 Å². The molecule has 0 unspecified atom stereocenters. The highest BCUT2D eigenvalue weighted by Gasteiger charge is 2.32. The lowest BCUT2D eigenvalue weighted by Gasteiger charge is -2.30. The molecule has 0 bridgehead atoms. The molecule has 0 aromatic heterocycles. The second-order valence-electron chi connectivity index (χ2n) is 7.04. The van der Waals surface area contributed by atoms with E-state index < -0.39 is 33.5 Å². The monoisotopic (exact) mass is 452 g/mol. The van der Waals surface area contributed by atoms with Gasteiger partial charge in [0.1, 0.15) is 0 Å². The summed E-state index contributed by atoms with van der Waals surface area (Å²) in [7, 11) is -3.78. The molecule has 0 atom stereocenters. The molecule has 0 spiro atoms. The first kappa shape index (κ1) is 22.8.